The lowest BCUT2D eigenvalue weighted by Gasteiger charge is -2.34. The number of aryl methyl sites for hydroxylation is 2. The lowest BCUT2D eigenvalue weighted by Crippen LogP contribution is -2.45. The second-order valence-corrected chi connectivity index (χ2v) is 11.6. The van der Waals surface area contributed by atoms with Gasteiger partial charge in [0, 0.05) is 68.5 Å². The van der Waals surface area contributed by atoms with Gasteiger partial charge in [0.15, 0.2) is 5.82 Å². The van der Waals surface area contributed by atoms with Crippen LogP contribution in [0.4, 0.5) is 17.2 Å². The predicted octanol–water partition coefficient (Wildman–Crippen LogP) is 6.23. The fraction of sp³-hybridized carbons (Fsp3) is 0.361. The molecule has 8 heteroatoms. The van der Waals surface area contributed by atoms with E-state index in [9.17, 15) is 9.59 Å². The Bertz CT molecular complexity index is 1640. The summed E-state index contributed by atoms with van der Waals surface area (Å²) in [6, 6.07) is 21.8. The fourth-order valence-corrected chi connectivity index (χ4v) is 5.73. The molecular formula is C36H44N6O2. The van der Waals surface area contributed by atoms with Crippen molar-refractivity contribution in [3.05, 3.63) is 106 Å². The van der Waals surface area contributed by atoms with Crippen molar-refractivity contribution in [2.75, 3.05) is 43.4 Å². The smallest absolute Gasteiger partial charge is 0.293 e. The number of likely N-dealkylation sites (N-methyl/N-ethyl adjacent to an activating group) is 1. The summed E-state index contributed by atoms with van der Waals surface area (Å²) in [7, 11) is 1.73. The number of nitrogens with zero attached hydrogens (tertiary/aromatic N) is 4. The first-order valence-corrected chi connectivity index (χ1v) is 15.7. The van der Waals surface area contributed by atoms with Gasteiger partial charge in [-0.3, -0.25) is 14.5 Å². The zero-order chi connectivity index (χ0) is 31.1. The molecule has 2 heterocycles. The van der Waals surface area contributed by atoms with E-state index in [-0.39, 0.29) is 17.3 Å². The normalized spacial score (nSPS) is 14.0. The molecule has 0 bridgehead atoms. The molecule has 0 saturated carbocycles. The number of hydrogen-bond donors (Lipinski definition) is 2. The minimum Gasteiger partial charge on any atom is -0.336 e. The number of hydrogen-bond acceptors (Lipinski definition) is 6. The van der Waals surface area contributed by atoms with Gasteiger partial charge in [0.1, 0.15) is 0 Å². The average Bonchev–Trinajstić information content (AvgIpc) is 3.04. The molecule has 1 aliphatic heterocycles. The van der Waals surface area contributed by atoms with Crippen LogP contribution in [-0.2, 0) is 20.0 Å². The van der Waals surface area contributed by atoms with Crippen molar-refractivity contribution < 1.29 is 4.79 Å². The number of nitrogens with one attached hydrogen (secondary N) is 2. The molecule has 4 aromatic rings. The molecule has 44 heavy (non-hydrogen) atoms. The summed E-state index contributed by atoms with van der Waals surface area (Å²) in [5.74, 6) is 0.131. The Kier molecular flexibility index (Phi) is 10.2. The molecule has 3 aromatic carbocycles. The summed E-state index contributed by atoms with van der Waals surface area (Å²) >= 11 is 0. The van der Waals surface area contributed by atoms with E-state index in [1.165, 1.54) is 5.56 Å². The first kappa shape index (κ1) is 31.2. The van der Waals surface area contributed by atoms with E-state index in [4.69, 9.17) is 4.98 Å². The zero-order valence-corrected chi connectivity index (χ0v) is 26.4. The number of aromatic nitrogens is 2. The number of carbonyl (C=O) groups is 1. The lowest BCUT2D eigenvalue weighted by molar-refractivity contribution is 0.102. The molecule has 1 amide bonds. The molecule has 5 rings (SSSR count). The first-order chi connectivity index (χ1) is 21.4. The summed E-state index contributed by atoms with van der Waals surface area (Å²) in [5.41, 5.74) is 6.69. The Labute approximate surface area is 260 Å². The summed E-state index contributed by atoms with van der Waals surface area (Å²) in [6.07, 6.45) is 4.72. The van der Waals surface area contributed by atoms with E-state index in [0.29, 0.717) is 11.3 Å². The number of rotatable bonds is 11. The van der Waals surface area contributed by atoms with Crippen molar-refractivity contribution in [3.63, 3.8) is 0 Å². The van der Waals surface area contributed by atoms with E-state index in [1.807, 2.05) is 61.5 Å². The topological polar surface area (TPSA) is 82.5 Å². The van der Waals surface area contributed by atoms with Crippen LogP contribution in [0, 0.1) is 6.92 Å². The monoisotopic (exact) mass is 592 g/mol. The van der Waals surface area contributed by atoms with Gasteiger partial charge in [0.05, 0.1) is 5.69 Å². The zero-order valence-electron chi connectivity index (χ0n) is 26.4. The second kappa shape index (κ2) is 14.5. The minimum absolute atomic E-state index is 0.126. The van der Waals surface area contributed by atoms with Crippen LogP contribution in [0.1, 0.15) is 53.7 Å². The van der Waals surface area contributed by atoms with Gasteiger partial charge >= 0.3 is 0 Å². The highest BCUT2D eigenvalue weighted by atomic mass is 16.1. The number of anilines is 3. The molecule has 0 radical (unpaired) electrons. The SMILES string of the molecule is CCCCc1ccccc1C(=O)Nc1cccc(-c2cn(C)c(=O)c(Nc3ccc(CN4CCN(CC)CC4)cc3)n2)c1C. The van der Waals surface area contributed by atoms with Gasteiger partial charge < -0.3 is 20.1 Å². The first-order valence-electron chi connectivity index (χ1n) is 15.7. The predicted molar refractivity (Wildman–Crippen MR) is 180 cm³/mol. The summed E-state index contributed by atoms with van der Waals surface area (Å²) in [5, 5.41) is 6.36. The van der Waals surface area contributed by atoms with E-state index >= 15 is 0 Å². The van der Waals surface area contributed by atoms with Crippen LogP contribution < -0.4 is 16.2 Å². The largest absolute Gasteiger partial charge is 0.336 e. The standard InChI is InChI=1S/C36H44N6O2/c1-5-7-11-28-12-8-9-13-31(28)35(43)39-32-15-10-14-30(26(32)3)33-25-40(4)36(44)34(38-33)37-29-18-16-27(17-19-29)24-42-22-20-41(6-2)21-23-42/h8-10,12-19,25H,5-7,11,20-24H2,1-4H3,(H,37,38)(H,39,43). The number of carbonyl (C=O) groups excluding carboxylic acids is 1. The molecule has 0 aliphatic carbocycles. The summed E-state index contributed by atoms with van der Waals surface area (Å²) in [6.45, 7) is 12.8. The van der Waals surface area contributed by atoms with Crippen molar-refractivity contribution in [1.29, 1.82) is 0 Å². The maximum absolute atomic E-state index is 13.3. The number of unbranched alkanes of at least 4 members (excludes halogenated alkanes) is 1. The molecule has 0 spiro atoms. The molecule has 0 unspecified atom stereocenters. The van der Waals surface area contributed by atoms with E-state index in [0.717, 1.165) is 86.6 Å². The fourth-order valence-electron chi connectivity index (χ4n) is 5.73. The maximum Gasteiger partial charge on any atom is 0.293 e. The molecule has 1 fully saturated rings. The highest BCUT2D eigenvalue weighted by Gasteiger charge is 2.17. The third-order valence-corrected chi connectivity index (χ3v) is 8.53. The van der Waals surface area contributed by atoms with Crippen LogP contribution in [0.2, 0.25) is 0 Å². The van der Waals surface area contributed by atoms with Crippen LogP contribution in [0.3, 0.4) is 0 Å². The maximum atomic E-state index is 13.3. The molecule has 2 N–H and O–H groups in total. The van der Waals surface area contributed by atoms with Crippen molar-refractivity contribution in [1.82, 2.24) is 19.4 Å². The third kappa shape index (κ3) is 7.44. The van der Waals surface area contributed by atoms with Crippen LogP contribution in [0.5, 0.6) is 0 Å². The van der Waals surface area contributed by atoms with E-state index in [2.05, 4.69) is 46.4 Å². The highest BCUT2D eigenvalue weighted by Crippen LogP contribution is 2.29. The van der Waals surface area contributed by atoms with Gasteiger partial charge in [0.2, 0.25) is 0 Å². The Morgan fingerprint density at radius 2 is 1.64 bits per heavy atom. The minimum atomic E-state index is -0.211. The molecule has 0 atom stereocenters. The van der Waals surface area contributed by atoms with Crippen LogP contribution in [-0.4, -0.2) is 58.0 Å². The van der Waals surface area contributed by atoms with Gasteiger partial charge in [0.25, 0.3) is 11.5 Å². The molecule has 1 aliphatic rings. The van der Waals surface area contributed by atoms with Gasteiger partial charge in [-0.15, -0.1) is 0 Å². The van der Waals surface area contributed by atoms with E-state index in [1.54, 1.807) is 17.8 Å². The average molecular weight is 593 g/mol. The van der Waals surface area contributed by atoms with Crippen LogP contribution in [0.25, 0.3) is 11.3 Å². The lowest BCUT2D eigenvalue weighted by atomic mass is 10.0. The third-order valence-electron chi connectivity index (χ3n) is 8.53. The Morgan fingerprint density at radius 1 is 0.909 bits per heavy atom. The molecule has 1 saturated heterocycles. The van der Waals surface area contributed by atoms with E-state index < -0.39 is 0 Å². The number of amides is 1. The quantitative estimate of drug-likeness (QED) is 0.215. The Hall–Kier alpha value is -4.27. The number of piperazine rings is 1. The Morgan fingerprint density at radius 3 is 2.36 bits per heavy atom. The molecule has 1 aromatic heterocycles. The molecular weight excluding hydrogens is 548 g/mol. The molecule has 230 valence electrons. The summed E-state index contributed by atoms with van der Waals surface area (Å²) < 4.78 is 1.55. The van der Waals surface area contributed by atoms with Crippen LogP contribution >= 0.6 is 0 Å². The van der Waals surface area contributed by atoms with Crippen molar-refractivity contribution in [2.45, 2.75) is 46.6 Å². The van der Waals surface area contributed by atoms with Gasteiger partial charge in [-0.25, -0.2) is 4.98 Å². The molecule has 8 nitrogen and oxygen atoms in total. The highest BCUT2D eigenvalue weighted by molar-refractivity contribution is 6.06. The van der Waals surface area contributed by atoms with Crippen molar-refractivity contribution in [3.8, 4) is 11.3 Å². The van der Waals surface area contributed by atoms with Crippen molar-refractivity contribution in [2.24, 2.45) is 7.05 Å². The van der Waals surface area contributed by atoms with Crippen LogP contribution in [0.15, 0.2) is 77.7 Å². The summed E-state index contributed by atoms with van der Waals surface area (Å²) in [4.78, 5) is 36.1. The second-order valence-electron chi connectivity index (χ2n) is 11.6. The number of benzene rings is 3. The van der Waals surface area contributed by atoms with Gasteiger partial charge in [-0.05, 0) is 67.3 Å². The van der Waals surface area contributed by atoms with Crippen molar-refractivity contribution >= 4 is 23.1 Å². The van der Waals surface area contributed by atoms with Gasteiger partial charge in [-0.2, -0.15) is 0 Å². The Balaban J connectivity index is 1.32. The van der Waals surface area contributed by atoms with Gasteiger partial charge in [-0.1, -0.05) is 62.7 Å².